The number of ether oxygens (including phenoxy) is 1. The maximum absolute atomic E-state index is 13.6. The number of amides is 1. The number of nitrogens with one attached hydrogen (secondary N) is 1. The Morgan fingerprint density at radius 2 is 0.780 bits per heavy atom. The van der Waals surface area contributed by atoms with Crippen LogP contribution in [0.2, 0.25) is 0 Å². The molecule has 0 aromatic carbocycles. The van der Waals surface area contributed by atoms with Gasteiger partial charge in [0, 0.05) is 12.8 Å². The van der Waals surface area contributed by atoms with Crippen LogP contribution in [0.4, 0.5) is 0 Å². The SMILES string of the molecule is CC/C=C\C/C=C\C/C=C\C/C=C\C/C=C\C/C=C\CCCCCCCCC(=O)OC(/C=C\CCCCCCCCCCCC)C(COP(=O)(O)OCC[N+](C)(C)C)NC(=O)CCCCCCCCCCC/C=C\C/C=C\CCCCC. The van der Waals surface area contributed by atoms with Gasteiger partial charge in [-0.25, -0.2) is 4.57 Å². The van der Waals surface area contributed by atoms with E-state index in [1.165, 1.54) is 109 Å². The smallest absolute Gasteiger partial charge is 0.456 e. The Morgan fingerprint density at radius 3 is 1.20 bits per heavy atom. The maximum atomic E-state index is 13.6. The number of likely N-dealkylation sites (N-methyl/N-ethyl adjacent to an activating group) is 1. The number of quaternary nitrogens is 1. The molecule has 0 rings (SSSR count). The fourth-order valence-electron chi connectivity index (χ4n) is 9.27. The summed E-state index contributed by atoms with van der Waals surface area (Å²) in [7, 11) is 1.47. The topological polar surface area (TPSA) is 111 Å². The van der Waals surface area contributed by atoms with Crippen LogP contribution in [0.25, 0.3) is 0 Å². The van der Waals surface area contributed by atoms with Crippen molar-refractivity contribution in [2.24, 2.45) is 0 Å². The third kappa shape index (κ3) is 61.2. The fraction of sp³-hybridized carbons (Fsp3) is 0.722. The van der Waals surface area contributed by atoms with Crippen molar-refractivity contribution in [1.29, 1.82) is 0 Å². The van der Waals surface area contributed by atoms with Gasteiger partial charge in [-0.2, -0.15) is 0 Å². The number of esters is 1. The second kappa shape index (κ2) is 60.8. The highest BCUT2D eigenvalue weighted by Gasteiger charge is 2.30. The lowest BCUT2D eigenvalue weighted by Gasteiger charge is -2.27. The van der Waals surface area contributed by atoms with Gasteiger partial charge in [0.05, 0.1) is 33.8 Å². The molecule has 0 heterocycles. The van der Waals surface area contributed by atoms with Gasteiger partial charge in [0.25, 0.3) is 0 Å². The molecule has 3 atom stereocenters. The molecule has 0 aliphatic heterocycles. The third-order valence-electron chi connectivity index (χ3n) is 14.4. The van der Waals surface area contributed by atoms with Crippen LogP contribution in [-0.2, 0) is 27.9 Å². The van der Waals surface area contributed by atoms with Crippen molar-refractivity contribution in [1.82, 2.24) is 5.32 Å². The molecule has 0 fully saturated rings. The first kappa shape index (κ1) is 78.7. The van der Waals surface area contributed by atoms with E-state index in [2.05, 4.69) is 123 Å². The standard InChI is InChI=1S/C72H127N2O7P/c1-7-10-13-16-19-22-25-28-30-32-34-35-36-37-38-39-41-43-45-47-50-53-56-59-62-65-72(76)81-70(63-60-57-54-51-48-27-24-21-18-15-12-9-3)69(68-80-82(77,78)79-67-66-74(4,5)6)73-71(75)64-61-58-55-52-49-46-44-42-40-33-31-29-26-23-20-17-14-11-8-2/h10,13,19-20,22-23,28-31,34-35,37-38,41,43,60,63,69-70H,7-9,11-12,14-18,21,24-27,32-33,36,39-40,42,44-59,61-62,64-68H2,1-6H3,(H-,73,75,77,78)/p+1/b13-10-,22-19-,23-20-,30-28-,31-29-,35-34-,38-37-,43-41-,63-60-. The summed E-state index contributed by atoms with van der Waals surface area (Å²) in [4.78, 5) is 37.8. The molecule has 0 saturated carbocycles. The summed E-state index contributed by atoms with van der Waals surface area (Å²) in [6, 6.07) is -0.864. The van der Waals surface area contributed by atoms with E-state index in [0.29, 0.717) is 17.4 Å². The van der Waals surface area contributed by atoms with Crippen LogP contribution in [0.15, 0.2) is 109 Å². The highest BCUT2D eigenvalue weighted by Crippen LogP contribution is 2.43. The van der Waals surface area contributed by atoms with Crippen molar-refractivity contribution in [2.75, 3.05) is 40.9 Å². The second-order valence-corrected chi connectivity index (χ2v) is 25.1. The number of nitrogens with zero attached hydrogens (tertiary/aromatic N) is 1. The van der Waals surface area contributed by atoms with Gasteiger partial charge >= 0.3 is 13.8 Å². The van der Waals surface area contributed by atoms with E-state index in [9.17, 15) is 19.0 Å². The van der Waals surface area contributed by atoms with Crippen LogP contribution in [-0.4, -0.2) is 74.3 Å². The lowest BCUT2D eigenvalue weighted by molar-refractivity contribution is -0.870. The van der Waals surface area contributed by atoms with Gasteiger partial charge in [0.2, 0.25) is 5.91 Å². The molecule has 10 heteroatoms. The zero-order valence-corrected chi connectivity index (χ0v) is 54.8. The molecular formula is C72H128N2O7P+. The first-order chi connectivity index (χ1) is 39.9. The number of allylic oxidation sites excluding steroid dienone is 17. The van der Waals surface area contributed by atoms with E-state index >= 15 is 0 Å². The zero-order valence-electron chi connectivity index (χ0n) is 54.0. The molecule has 0 aliphatic carbocycles. The molecule has 0 bridgehead atoms. The van der Waals surface area contributed by atoms with Crippen LogP contribution in [0.1, 0.15) is 284 Å². The van der Waals surface area contributed by atoms with Crippen LogP contribution in [0.3, 0.4) is 0 Å². The number of hydrogen-bond donors (Lipinski definition) is 2. The molecule has 0 saturated heterocycles. The van der Waals surface area contributed by atoms with E-state index in [4.69, 9.17) is 13.8 Å². The Morgan fingerprint density at radius 1 is 0.439 bits per heavy atom. The summed E-state index contributed by atoms with van der Waals surface area (Å²) in [6.07, 6.45) is 83.7. The number of phosphoric ester groups is 1. The number of unbranched alkanes of at least 4 members (excludes halogenated alkanes) is 28. The lowest BCUT2D eigenvalue weighted by atomic mass is 10.0. The molecule has 82 heavy (non-hydrogen) atoms. The van der Waals surface area contributed by atoms with Crippen LogP contribution < -0.4 is 5.32 Å². The average Bonchev–Trinajstić information content (AvgIpc) is 3.44. The molecule has 3 unspecified atom stereocenters. The molecule has 9 nitrogen and oxygen atoms in total. The quantitative estimate of drug-likeness (QED) is 0.0205. The van der Waals surface area contributed by atoms with Gasteiger partial charge in [-0.05, 0) is 115 Å². The average molecular weight is 1160 g/mol. The Bertz CT molecular complexity index is 1770. The summed E-state index contributed by atoms with van der Waals surface area (Å²) >= 11 is 0. The molecular weight excluding hydrogens is 1040 g/mol. The minimum atomic E-state index is -4.46. The fourth-order valence-corrected chi connectivity index (χ4v) is 10.0. The molecule has 2 N–H and O–H groups in total. The first-order valence-corrected chi connectivity index (χ1v) is 35.2. The highest BCUT2D eigenvalue weighted by molar-refractivity contribution is 7.47. The molecule has 0 aliphatic rings. The van der Waals surface area contributed by atoms with Gasteiger partial charge < -0.3 is 19.4 Å². The Balaban J connectivity index is 5.19. The maximum Gasteiger partial charge on any atom is 0.472 e. The molecule has 0 aromatic heterocycles. The Kier molecular flexibility index (Phi) is 58.3. The summed E-state index contributed by atoms with van der Waals surface area (Å²) in [5, 5.41) is 3.06. The van der Waals surface area contributed by atoms with Crippen LogP contribution in [0, 0.1) is 0 Å². The van der Waals surface area contributed by atoms with Gasteiger partial charge in [-0.15, -0.1) is 0 Å². The van der Waals surface area contributed by atoms with E-state index in [1.54, 1.807) is 0 Å². The van der Waals surface area contributed by atoms with Crippen molar-refractivity contribution >= 4 is 19.7 Å². The Labute approximate surface area is 506 Å². The van der Waals surface area contributed by atoms with E-state index < -0.39 is 20.0 Å². The van der Waals surface area contributed by atoms with Crippen molar-refractivity contribution in [3.63, 3.8) is 0 Å². The van der Waals surface area contributed by atoms with Gasteiger partial charge in [0.15, 0.2) is 0 Å². The normalized spacial score (nSPS) is 14.3. The van der Waals surface area contributed by atoms with E-state index in [-0.39, 0.29) is 31.5 Å². The third-order valence-corrected chi connectivity index (χ3v) is 15.4. The number of hydrogen-bond acceptors (Lipinski definition) is 6. The van der Waals surface area contributed by atoms with Crippen LogP contribution >= 0.6 is 7.82 Å². The lowest BCUT2D eigenvalue weighted by Crippen LogP contribution is -2.47. The largest absolute Gasteiger partial charge is 0.472 e. The van der Waals surface area contributed by atoms with Gasteiger partial charge in [-0.1, -0.05) is 265 Å². The van der Waals surface area contributed by atoms with Crippen LogP contribution in [0.5, 0.6) is 0 Å². The number of carbonyl (C=O) groups excluding carboxylic acids is 2. The first-order valence-electron chi connectivity index (χ1n) is 33.7. The van der Waals surface area contributed by atoms with Gasteiger partial charge in [0.1, 0.15) is 19.3 Å². The Hall–Kier alpha value is -3.33. The summed E-state index contributed by atoms with van der Waals surface area (Å²) in [6.45, 7) is 6.87. The predicted octanol–water partition coefficient (Wildman–Crippen LogP) is 21.3. The number of carbonyl (C=O) groups is 2. The monoisotopic (exact) mass is 1160 g/mol. The highest BCUT2D eigenvalue weighted by atomic mass is 31.2. The van der Waals surface area contributed by atoms with E-state index in [0.717, 1.165) is 141 Å². The second-order valence-electron chi connectivity index (χ2n) is 23.6. The molecule has 1 amide bonds. The van der Waals surface area contributed by atoms with Gasteiger partial charge in [-0.3, -0.25) is 18.6 Å². The number of rotatable bonds is 60. The summed E-state index contributed by atoms with van der Waals surface area (Å²) < 4.78 is 30.8. The molecule has 0 radical (unpaired) electrons. The van der Waals surface area contributed by atoms with E-state index in [1.807, 2.05) is 33.3 Å². The number of phosphoric acid groups is 1. The minimum Gasteiger partial charge on any atom is -0.456 e. The minimum absolute atomic E-state index is 0.0319. The summed E-state index contributed by atoms with van der Waals surface area (Å²) in [5.41, 5.74) is 0. The molecule has 0 aromatic rings. The molecule has 472 valence electrons. The van der Waals surface area contributed by atoms with Crippen molar-refractivity contribution < 1.29 is 37.3 Å². The van der Waals surface area contributed by atoms with Crippen molar-refractivity contribution in [3.8, 4) is 0 Å². The zero-order chi connectivity index (χ0) is 60.0. The van der Waals surface area contributed by atoms with Crippen molar-refractivity contribution in [2.45, 2.75) is 296 Å². The summed E-state index contributed by atoms with van der Waals surface area (Å²) in [5.74, 6) is -0.528. The predicted molar refractivity (Wildman–Crippen MR) is 355 cm³/mol. The molecule has 0 spiro atoms. The van der Waals surface area contributed by atoms with Crippen molar-refractivity contribution in [3.05, 3.63) is 109 Å².